The summed E-state index contributed by atoms with van der Waals surface area (Å²) in [4.78, 5) is 23.9. The first-order valence-electron chi connectivity index (χ1n) is 11.8. The molecule has 0 bridgehead atoms. The van der Waals surface area contributed by atoms with Gasteiger partial charge in [-0.15, -0.1) is 0 Å². The maximum absolute atomic E-state index is 13.4. The number of aromatic nitrogens is 3. The summed E-state index contributed by atoms with van der Waals surface area (Å²) in [5.41, 5.74) is 7.34. The summed E-state index contributed by atoms with van der Waals surface area (Å²) in [5.74, 6) is -0.395. The average Bonchev–Trinajstić information content (AvgIpc) is 3.53. The lowest BCUT2D eigenvalue weighted by Crippen LogP contribution is -2.25. The van der Waals surface area contributed by atoms with Crippen molar-refractivity contribution in [3.63, 3.8) is 0 Å². The molecule has 3 heterocycles. The molecule has 0 unspecified atom stereocenters. The molecule has 3 aromatic carbocycles. The van der Waals surface area contributed by atoms with E-state index in [0.717, 1.165) is 39.5 Å². The van der Waals surface area contributed by atoms with Crippen LogP contribution < -0.4 is 5.32 Å². The van der Waals surface area contributed by atoms with Crippen LogP contribution in [0.3, 0.4) is 0 Å². The highest BCUT2D eigenvalue weighted by Gasteiger charge is 2.12. The second kappa shape index (κ2) is 9.15. The van der Waals surface area contributed by atoms with Crippen LogP contribution in [0.1, 0.15) is 15.9 Å². The smallest absolute Gasteiger partial charge is 0.251 e. The van der Waals surface area contributed by atoms with Gasteiger partial charge in [0.25, 0.3) is 5.91 Å². The number of carbonyl (C=O) groups excluding carboxylic acids is 1. The number of nitrogens with zero attached hydrogens (tertiary/aromatic N) is 1. The number of para-hydroxylation sites is 1. The van der Waals surface area contributed by atoms with Gasteiger partial charge in [-0.3, -0.25) is 9.78 Å². The van der Waals surface area contributed by atoms with Crippen molar-refractivity contribution in [2.45, 2.75) is 6.42 Å². The standard InChI is InChI=1S/C30H23FN4O/c31-23-8-5-19(6-9-23)26-18-35-28-10-7-20(15-25(26)28)29-16-21(11-13-32-29)30(36)33-14-12-22-17-34-27-4-2-1-3-24(22)27/h1-11,13,15-18,34-35H,12,14H2,(H,33,36). The van der Waals surface area contributed by atoms with E-state index in [9.17, 15) is 9.18 Å². The summed E-state index contributed by atoms with van der Waals surface area (Å²) >= 11 is 0. The molecule has 0 aliphatic rings. The Morgan fingerprint density at radius 3 is 2.50 bits per heavy atom. The van der Waals surface area contributed by atoms with E-state index in [1.165, 1.54) is 23.1 Å². The van der Waals surface area contributed by atoms with Gasteiger partial charge in [-0.25, -0.2) is 4.39 Å². The fourth-order valence-electron chi connectivity index (χ4n) is 4.63. The van der Waals surface area contributed by atoms with Gasteiger partial charge >= 0.3 is 0 Å². The van der Waals surface area contributed by atoms with Crippen molar-refractivity contribution < 1.29 is 9.18 Å². The zero-order valence-electron chi connectivity index (χ0n) is 19.4. The molecule has 3 aromatic heterocycles. The highest BCUT2D eigenvalue weighted by Crippen LogP contribution is 2.32. The molecule has 0 aliphatic heterocycles. The van der Waals surface area contributed by atoms with Crippen LogP contribution in [0.5, 0.6) is 0 Å². The number of fused-ring (bicyclic) bond motifs is 2. The van der Waals surface area contributed by atoms with E-state index in [2.05, 4.69) is 26.3 Å². The lowest BCUT2D eigenvalue weighted by molar-refractivity contribution is 0.0954. The minimum absolute atomic E-state index is 0.131. The number of rotatable bonds is 6. The molecular weight excluding hydrogens is 451 g/mol. The predicted molar refractivity (Wildman–Crippen MR) is 141 cm³/mol. The van der Waals surface area contributed by atoms with Crippen molar-refractivity contribution in [1.29, 1.82) is 0 Å². The van der Waals surface area contributed by atoms with Crippen LogP contribution in [0.15, 0.2) is 97.5 Å². The van der Waals surface area contributed by atoms with Crippen molar-refractivity contribution in [1.82, 2.24) is 20.3 Å². The van der Waals surface area contributed by atoms with Crippen LogP contribution >= 0.6 is 0 Å². The van der Waals surface area contributed by atoms with Crippen LogP contribution in [0, 0.1) is 5.82 Å². The number of halogens is 1. The fraction of sp³-hybridized carbons (Fsp3) is 0.0667. The summed E-state index contributed by atoms with van der Waals surface area (Å²) < 4.78 is 13.4. The van der Waals surface area contributed by atoms with Crippen molar-refractivity contribution in [2.75, 3.05) is 6.54 Å². The molecule has 0 fully saturated rings. The van der Waals surface area contributed by atoms with Gasteiger partial charge in [0.05, 0.1) is 5.69 Å². The molecule has 0 atom stereocenters. The van der Waals surface area contributed by atoms with Crippen molar-refractivity contribution in [3.8, 4) is 22.4 Å². The SMILES string of the molecule is O=C(NCCc1c[nH]c2ccccc12)c1ccnc(-c2ccc3[nH]cc(-c4ccc(F)cc4)c3c2)c1. The first kappa shape index (κ1) is 21.8. The number of amides is 1. The van der Waals surface area contributed by atoms with Gasteiger partial charge in [-0.2, -0.15) is 0 Å². The summed E-state index contributed by atoms with van der Waals surface area (Å²) in [6.45, 7) is 0.536. The second-order valence-electron chi connectivity index (χ2n) is 8.76. The lowest BCUT2D eigenvalue weighted by atomic mass is 10.0. The monoisotopic (exact) mass is 474 g/mol. The zero-order chi connectivity index (χ0) is 24.5. The number of nitrogens with one attached hydrogen (secondary N) is 3. The fourth-order valence-corrected chi connectivity index (χ4v) is 4.63. The molecule has 176 valence electrons. The number of H-pyrrole nitrogens is 2. The Balaban J connectivity index is 1.21. The van der Waals surface area contributed by atoms with E-state index in [1.807, 2.05) is 54.9 Å². The summed E-state index contributed by atoms with van der Waals surface area (Å²) in [5, 5.41) is 5.21. The van der Waals surface area contributed by atoms with Gasteiger partial charge in [0, 0.05) is 63.6 Å². The van der Waals surface area contributed by atoms with Crippen molar-refractivity contribution >= 4 is 27.7 Å². The Hall–Kier alpha value is -4.71. The number of hydrogen-bond acceptors (Lipinski definition) is 2. The molecule has 6 heteroatoms. The van der Waals surface area contributed by atoms with Crippen LogP contribution in [0.25, 0.3) is 44.2 Å². The Morgan fingerprint density at radius 1 is 0.833 bits per heavy atom. The van der Waals surface area contributed by atoms with Gasteiger partial charge < -0.3 is 15.3 Å². The minimum atomic E-state index is -0.264. The van der Waals surface area contributed by atoms with Gasteiger partial charge in [-0.1, -0.05) is 36.4 Å². The second-order valence-corrected chi connectivity index (χ2v) is 8.76. The van der Waals surface area contributed by atoms with Gasteiger partial charge in [-0.05, 0) is 60.0 Å². The normalized spacial score (nSPS) is 11.2. The molecule has 1 amide bonds. The van der Waals surface area contributed by atoms with Crippen LogP contribution in [0.4, 0.5) is 4.39 Å². The number of aromatic amines is 2. The van der Waals surface area contributed by atoms with Crippen LogP contribution in [0.2, 0.25) is 0 Å². The number of carbonyl (C=O) groups is 1. The van der Waals surface area contributed by atoms with E-state index >= 15 is 0 Å². The minimum Gasteiger partial charge on any atom is -0.361 e. The van der Waals surface area contributed by atoms with Crippen molar-refractivity contribution in [3.05, 3.63) is 114 Å². The topological polar surface area (TPSA) is 73.6 Å². The van der Waals surface area contributed by atoms with Gasteiger partial charge in [0.2, 0.25) is 0 Å². The molecule has 36 heavy (non-hydrogen) atoms. The Bertz CT molecular complexity index is 1700. The summed E-state index contributed by atoms with van der Waals surface area (Å²) in [7, 11) is 0. The average molecular weight is 475 g/mol. The van der Waals surface area contributed by atoms with E-state index in [1.54, 1.807) is 24.4 Å². The van der Waals surface area contributed by atoms with Crippen molar-refractivity contribution in [2.24, 2.45) is 0 Å². The molecule has 0 aliphatic carbocycles. The van der Waals surface area contributed by atoms with E-state index in [4.69, 9.17) is 0 Å². The van der Waals surface area contributed by atoms with Crippen LogP contribution in [-0.2, 0) is 6.42 Å². The predicted octanol–water partition coefficient (Wildman–Crippen LogP) is 6.49. The zero-order valence-corrected chi connectivity index (χ0v) is 19.4. The Morgan fingerprint density at radius 2 is 1.61 bits per heavy atom. The van der Waals surface area contributed by atoms with Gasteiger partial charge in [0.1, 0.15) is 5.82 Å². The Labute approximate surface area is 207 Å². The molecule has 5 nitrogen and oxygen atoms in total. The third kappa shape index (κ3) is 4.14. The first-order chi connectivity index (χ1) is 17.7. The summed E-state index contributed by atoms with van der Waals surface area (Å²) in [6, 6.07) is 24.2. The quantitative estimate of drug-likeness (QED) is 0.258. The van der Waals surface area contributed by atoms with E-state index in [0.29, 0.717) is 17.8 Å². The Kier molecular flexibility index (Phi) is 5.54. The largest absolute Gasteiger partial charge is 0.361 e. The molecule has 0 radical (unpaired) electrons. The van der Waals surface area contributed by atoms with Gasteiger partial charge in [0.15, 0.2) is 0 Å². The molecule has 0 saturated heterocycles. The maximum atomic E-state index is 13.4. The first-order valence-corrected chi connectivity index (χ1v) is 11.8. The number of benzene rings is 3. The molecule has 6 rings (SSSR count). The lowest BCUT2D eigenvalue weighted by Gasteiger charge is -2.08. The third-order valence-electron chi connectivity index (χ3n) is 6.51. The van der Waals surface area contributed by atoms with Crippen LogP contribution in [-0.4, -0.2) is 27.4 Å². The van der Waals surface area contributed by atoms with E-state index in [-0.39, 0.29) is 11.7 Å². The third-order valence-corrected chi connectivity index (χ3v) is 6.51. The number of hydrogen-bond donors (Lipinski definition) is 3. The molecule has 0 spiro atoms. The highest BCUT2D eigenvalue weighted by atomic mass is 19.1. The summed E-state index contributed by atoms with van der Waals surface area (Å²) in [6.07, 6.45) is 6.32. The number of pyridine rings is 1. The molecule has 3 N–H and O–H groups in total. The maximum Gasteiger partial charge on any atom is 0.251 e. The molecular formula is C30H23FN4O. The molecule has 6 aromatic rings. The highest BCUT2D eigenvalue weighted by molar-refractivity contribution is 5.99. The molecule has 0 saturated carbocycles. The van der Waals surface area contributed by atoms with E-state index < -0.39 is 0 Å².